The summed E-state index contributed by atoms with van der Waals surface area (Å²) in [5, 5.41) is 9.39. The van der Waals surface area contributed by atoms with E-state index in [0.29, 0.717) is 16.3 Å². The van der Waals surface area contributed by atoms with Crippen LogP contribution in [-0.4, -0.2) is 25.7 Å². The van der Waals surface area contributed by atoms with E-state index in [1.807, 2.05) is 0 Å². The van der Waals surface area contributed by atoms with Crippen LogP contribution in [0.2, 0.25) is 5.02 Å². The number of nitrogens with zero attached hydrogens (tertiary/aromatic N) is 1. The number of aromatic carboxylic acids is 1. The molecule has 0 saturated heterocycles. The van der Waals surface area contributed by atoms with Gasteiger partial charge in [0.15, 0.2) is 0 Å². The molecule has 0 unspecified atom stereocenters. The number of carbonyl (C=O) groups is 1. The first-order valence-electron chi connectivity index (χ1n) is 6.33. The lowest BCUT2D eigenvalue weighted by molar-refractivity contribution is 0.0697. The number of carboxylic acid groups (broad SMARTS) is 1. The van der Waals surface area contributed by atoms with E-state index in [1.54, 1.807) is 36.4 Å². The molecule has 0 aliphatic rings. The van der Waals surface area contributed by atoms with Crippen LogP contribution >= 0.6 is 11.6 Å². The highest BCUT2D eigenvalue weighted by Gasteiger charge is 2.18. The van der Waals surface area contributed by atoms with Crippen molar-refractivity contribution in [2.45, 2.75) is 6.54 Å². The summed E-state index contributed by atoms with van der Waals surface area (Å²) in [5.74, 6) is -1.02. The molecule has 0 saturated carbocycles. The average Bonchev–Trinajstić information content (AvgIpc) is 2.45. The summed E-state index contributed by atoms with van der Waals surface area (Å²) in [6, 6.07) is 12.5. The zero-order valence-corrected chi connectivity index (χ0v) is 13.3. The number of rotatable bonds is 5. The fourth-order valence-electron chi connectivity index (χ4n) is 1.93. The molecule has 7 heteroatoms. The maximum absolute atomic E-state index is 12.0. The zero-order valence-electron chi connectivity index (χ0n) is 11.7. The second-order valence-corrected chi connectivity index (χ2v) is 7.09. The van der Waals surface area contributed by atoms with Gasteiger partial charge < -0.3 is 5.11 Å². The highest BCUT2D eigenvalue weighted by atomic mass is 35.5. The molecule has 0 aliphatic heterocycles. The molecule has 0 amide bonds. The van der Waals surface area contributed by atoms with E-state index in [4.69, 9.17) is 16.7 Å². The van der Waals surface area contributed by atoms with Gasteiger partial charge in [-0.25, -0.2) is 13.2 Å². The Bertz CT molecular complexity index is 770. The van der Waals surface area contributed by atoms with Crippen LogP contribution in [0.4, 0.5) is 5.69 Å². The molecule has 0 spiro atoms. The molecule has 22 heavy (non-hydrogen) atoms. The summed E-state index contributed by atoms with van der Waals surface area (Å²) in [6.07, 6.45) is 1.12. The van der Waals surface area contributed by atoms with Crippen LogP contribution in [0.5, 0.6) is 0 Å². The van der Waals surface area contributed by atoms with Gasteiger partial charge >= 0.3 is 5.97 Å². The number of hydrogen-bond donors (Lipinski definition) is 1. The molecule has 0 bridgehead atoms. The standard InChI is InChI=1S/C15H14ClNO4S/c1-22(20,21)17(14-8-6-13(16)7-9-14)10-11-2-4-12(5-3-11)15(18)19/h2-9H,10H2,1H3,(H,18,19). The van der Waals surface area contributed by atoms with E-state index >= 15 is 0 Å². The highest BCUT2D eigenvalue weighted by Crippen LogP contribution is 2.22. The first-order chi connectivity index (χ1) is 10.3. The largest absolute Gasteiger partial charge is 0.478 e. The summed E-state index contributed by atoms with van der Waals surface area (Å²) in [6.45, 7) is 0.111. The predicted molar refractivity (Wildman–Crippen MR) is 85.9 cm³/mol. The van der Waals surface area contributed by atoms with E-state index in [-0.39, 0.29) is 12.1 Å². The van der Waals surface area contributed by atoms with Crippen molar-refractivity contribution in [3.05, 3.63) is 64.7 Å². The van der Waals surface area contributed by atoms with Gasteiger partial charge in [0.05, 0.1) is 24.1 Å². The second-order valence-electron chi connectivity index (χ2n) is 4.75. The lowest BCUT2D eigenvalue weighted by Gasteiger charge is -2.22. The predicted octanol–water partition coefficient (Wildman–Crippen LogP) is 3.00. The smallest absolute Gasteiger partial charge is 0.335 e. The number of sulfonamides is 1. The summed E-state index contributed by atoms with van der Waals surface area (Å²) in [7, 11) is -3.48. The number of halogens is 1. The van der Waals surface area contributed by atoms with Gasteiger partial charge in [0.1, 0.15) is 0 Å². The van der Waals surface area contributed by atoms with Gasteiger partial charge in [-0.2, -0.15) is 0 Å². The summed E-state index contributed by atoms with van der Waals surface area (Å²) < 4.78 is 25.2. The van der Waals surface area contributed by atoms with Crippen molar-refractivity contribution in [1.82, 2.24) is 0 Å². The van der Waals surface area contributed by atoms with Gasteiger partial charge in [0.25, 0.3) is 0 Å². The maximum Gasteiger partial charge on any atom is 0.335 e. The Labute approximate surface area is 133 Å². The molecule has 2 rings (SSSR count). The van der Waals surface area contributed by atoms with Crippen molar-refractivity contribution in [3.63, 3.8) is 0 Å². The topological polar surface area (TPSA) is 74.7 Å². The van der Waals surface area contributed by atoms with Gasteiger partial charge in [-0.3, -0.25) is 4.31 Å². The molecule has 2 aromatic carbocycles. The molecule has 0 aliphatic carbocycles. The molecule has 116 valence electrons. The number of hydrogen-bond acceptors (Lipinski definition) is 3. The third-order valence-corrected chi connectivity index (χ3v) is 4.43. The van der Waals surface area contributed by atoms with Crippen molar-refractivity contribution in [2.75, 3.05) is 10.6 Å². The molecule has 1 N–H and O–H groups in total. The van der Waals surface area contributed by atoms with Crippen LogP contribution in [0.25, 0.3) is 0 Å². The van der Waals surface area contributed by atoms with Crippen molar-refractivity contribution in [1.29, 1.82) is 0 Å². The molecule has 0 atom stereocenters. The Hall–Kier alpha value is -2.05. The Kier molecular flexibility index (Phi) is 4.73. The van der Waals surface area contributed by atoms with E-state index in [1.165, 1.54) is 16.4 Å². The van der Waals surface area contributed by atoms with Gasteiger partial charge in [0, 0.05) is 5.02 Å². The minimum atomic E-state index is -3.48. The summed E-state index contributed by atoms with van der Waals surface area (Å²) in [4.78, 5) is 10.8. The number of anilines is 1. The molecule has 0 radical (unpaired) electrons. The number of benzene rings is 2. The molecular weight excluding hydrogens is 326 g/mol. The fourth-order valence-corrected chi connectivity index (χ4v) is 2.94. The minimum absolute atomic E-state index is 0.111. The average molecular weight is 340 g/mol. The van der Waals surface area contributed by atoms with Crippen LogP contribution < -0.4 is 4.31 Å². The highest BCUT2D eigenvalue weighted by molar-refractivity contribution is 7.92. The van der Waals surface area contributed by atoms with E-state index < -0.39 is 16.0 Å². The van der Waals surface area contributed by atoms with Crippen molar-refractivity contribution in [2.24, 2.45) is 0 Å². The Balaban J connectivity index is 2.31. The molecule has 0 heterocycles. The van der Waals surface area contributed by atoms with Crippen LogP contribution in [-0.2, 0) is 16.6 Å². The Morgan fingerprint density at radius 1 is 1.09 bits per heavy atom. The molecule has 0 fully saturated rings. The lowest BCUT2D eigenvalue weighted by Crippen LogP contribution is -2.29. The van der Waals surface area contributed by atoms with Gasteiger partial charge in [0.2, 0.25) is 10.0 Å². The van der Waals surface area contributed by atoms with Gasteiger partial charge in [-0.15, -0.1) is 0 Å². The lowest BCUT2D eigenvalue weighted by atomic mass is 10.1. The normalized spacial score (nSPS) is 11.2. The number of carboxylic acids is 1. The van der Waals surface area contributed by atoms with E-state index in [2.05, 4.69) is 0 Å². The molecule has 0 aromatic heterocycles. The van der Waals surface area contributed by atoms with Crippen molar-refractivity contribution in [3.8, 4) is 0 Å². The Morgan fingerprint density at radius 3 is 2.09 bits per heavy atom. The van der Waals surface area contributed by atoms with E-state index in [9.17, 15) is 13.2 Å². The third-order valence-electron chi connectivity index (χ3n) is 3.04. The first kappa shape index (κ1) is 16.3. The second kappa shape index (κ2) is 6.37. The fraction of sp³-hybridized carbons (Fsp3) is 0.133. The van der Waals surface area contributed by atoms with Crippen LogP contribution in [0, 0.1) is 0 Å². The maximum atomic E-state index is 12.0. The van der Waals surface area contributed by atoms with Crippen LogP contribution in [0.15, 0.2) is 48.5 Å². The third kappa shape index (κ3) is 3.99. The minimum Gasteiger partial charge on any atom is -0.478 e. The van der Waals surface area contributed by atoms with Gasteiger partial charge in [-0.1, -0.05) is 23.7 Å². The van der Waals surface area contributed by atoms with Crippen molar-refractivity contribution >= 4 is 33.3 Å². The zero-order chi connectivity index (χ0) is 16.3. The van der Waals surface area contributed by atoms with Crippen molar-refractivity contribution < 1.29 is 18.3 Å². The first-order valence-corrected chi connectivity index (χ1v) is 8.55. The Morgan fingerprint density at radius 2 is 1.64 bits per heavy atom. The summed E-state index contributed by atoms with van der Waals surface area (Å²) >= 11 is 5.81. The summed E-state index contributed by atoms with van der Waals surface area (Å²) in [5.41, 5.74) is 1.33. The van der Waals surface area contributed by atoms with Gasteiger partial charge in [-0.05, 0) is 42.0 Å². The molecular formula is C15H14ClNO4S. The van der Waals surface area contributed by atoms with Crippen LogP contribution in [0.1, 0.15) is 15.9 Å². The molecule has 2 aromatic rings. The van der Waals surface area contributed by atoms with Crippen LogP contribution in [0.3, 0.4) is 0 Å². The molecule has 5 nitrogen and oxygen atoms in total. The monoisotopic (exact) mass is 339 g/mol. The van der Waals surface area contributed by atoms with E-state index in [0.717, 1.165) is 6.26 Å². The SMILES string of the molecule is CS(=O)(=O)N(Cc1ccc(C(=O)O)cc1)c1ccc(Cl)cc1. The quantitative estimate of drug-likeness (QED) is 0.908.